The number of aromatic nitrogens is 1. The number of benzene rings is 1. The van der Waals surface area contributed by atoms with Gasteiger partial charge in [0.2, 0.25) is 5.88 Å². The first kappa shape index (κ1) is 16.8. The Labute approximate surface area is 143 Å². The Morgan fingerprint density at radius 2 is 2.04 bits per heavy atom. The highest BCUT2D eigenvalue weighted by Crippen LogP contribution is 2.41. The summed E-state index contributed by atoms with van der Waals surface area (Å²) in [5.74, 6) is -2.35. The van der Waals surface area contributed by atoms with E-state index < -0.39 is 23.3 Å². The molecule has 2 aromatic rings. The third kappa shape index (κ3) is 2.57. The molecule has 0 saturated carbocycles. The van der Waals surface area contributed by atoms with Gasteiger partial charge in [0.25, 0.3) is 5.56 Å². The van der Waals surface area contributed by atoms with Crippen LogP contribution in [0.1, 0.15) is 22.7 Å². The van der Waals surface area contributed by atoms with Crippen LogP contribution in [0.25, 0.3) is 0 Å². The Hall–Kier alpha value is -3.09. The molecule has 7 heteroatoms. The highest BCUT2D eigenvalue weighted by Gasteiger charge is 2.39. The average molecular weight is 344 g/mol. The van der Waals surface area contributed by atoms with Crippen LogP contribution in [0, 0.1) is 12.7 Å². The van der Waals surface area contributed by atoms with E-state index in [9.17, 15) is 14.0 Å². The number of carbonyl (C=O) groups excluding carboxylic acids is 1. The first-order valence-electron chi connectivity index (χ1n) is 7.57. The van der Waals surface area contributed by atoms with Gasteiger partial charge in [0.05, 0.1) is 18.6 Å². The third-order valence-electron chi connectivity index (χ3n) is 4.35. The molecule has 1 atom stereocenters. The summed E-state index contributed by atoms with van der Waals surface area (Å²) in [6.07, 6.45) is 0. The lowest BCUT2D eigenvalue weighted by molar-refractivity contribution is -0.136. The fourth-order valence-corrected chi connectivity index (χ4v) is 2.97. The van der Waals surface area contributed by atoms with Gasteiger partial charge in [-0.05, 0) is 13.0 Å². The maximum Gasteiger partial charge on any atom is 0.340 e. The number of nitrogens with zero attached hydrogens (tertiary/aromatic N) is 1. The zero-order chi connectivity index (χ0) is 18.3. The first-order chi connectivity index (χ1) is 11.9. The highest BCUT2D eigenvalue weighted by molar-refractivity contribution is 5.92. The Morgan fingerprint density at radius 3 is 2.68 bits per heavy atom. The number of esters is 1. The van der Waals surface area contributed by atoms with E-state index in [2.05, 4.69) is 0 Å². The molecular weight excluding hydrogens is 327 g/mol. The number of pyridine rings is 1. The van der Waals surface area contributed by atoms with E-state index in [0.717, 1.165) is 0 Å². The Bertz CT molecular complexity index is 962. The molecule has 1 aliphatic rings. The standard InChI is InChI=1S/C18H17FN2O4/c1-9-8-12-14(17(22)21(9)2)13(10-6-4-5-7-11(10)19)15(16(20)25-12)18(23)24-3/h4-8,13H,20H2,1-3H3. The van der Waals surface area contributed by atoms with Gasteiger partial charge >= 0.3 is 5.97 Å². The van der Waals surface area contributed by atoms with E-state index in [1.807, 2.05) is 0 Å². The molecular formula is C18H17FN2O4. The molecule has 0 spiro atoms. The number of halogens is 1. The molecule has 25 heavy (non-hydrogen) atoms. The molecule has 1 aromatic heterocycles. The predicted octanol–water partition coefficient (Wildman–Crippen LogP) is 1.70. The molecule has 0 amide bonds. The molecule has 2 N–H and O–H groups in total. The molecule has 0 bridgehead atoms. The maximum absolute atomic E-state index is 14.5. The minimum absolute atomic E-state index is 0.0962. The summed E-state index contributed by atoms with van der Waals surface area (Å²) in [6, 6.07) is 7.54. The summed E-state index contributed by atoms with van der Waals surface area (Å²) in [6.45, 7) is 1.73. The second-order valence-electron chi connectivity index (χ2n) is 5.75. The molecule has 1 unspecified atom stereocenters. The maximum atomic E-state index is 14.5. The van der Waals surface area contributed by atoms with Gasteiger partial charge in [0, 0.05) is 24.4 Å². The topological polar surface area (TPSA) is 83.5 Å². The quantitative estimate of drug-likeness (QED) is 0.839. The molecule has 0 radical (unpaired) electrons. The van der Waals surface area contributed by atoms with Crippen molar-refractivity contribution in [2.75, 3.05) is 7.11 Å². The Balaban J connectivity index is 2.39. The van der Waals surface area contributed by atoms with Crippen LogP contribution in [-0.4, -0.2) is 17.6 Å². The predicted molar refractivity (Wildman–Crippen MR) is 88.5 cm³/mol. The second-order valence-corrected chi connectivity index (χ2v) is 5.75. The van der Waals surface area contributed by atoms with Gasteiger partial charge in [-0.1, -0.05) is 18.2 Å². The molecule has 130 valence electrons. The number of ether oxygens (including phenoxy) is 2. The fraction of sp³-hybridized carbons (Fsp3) is 0.222. The highest BCUT2D eigenvalue weighted by atomic mass is 19.1. The molecule has 0 fully saturated rings. The van der Waals surface area contributed by atoms with Crippen LogP contribution in [0.3, 0.4) is 0 Å². The van der Waals surface area contributed by atoms with Crippen molar-refractivity contribution < 1.29 is 18.7 Å². The van der Waals surface area contributed by atoms with E-state index in [1.165, 1.54) is 29.9 Å². The average Bonchev–Trinajstić information content (AvgIpc) is 2.58. The number of rotatable bonds is 2. The van der Waals surface area contributed by atoms with Crippen molar-refractivity contribution in [1.82, 2.24) is 4.57 Å². The van der Waals surface area contributed by atoms with Crippen molar-refractivity contribution in [2.45, 2.75) is 12.8 Å². The van der Waals surface area contributed by atoms with Crippen LogP contribution in [0.5, 0.6) is 5.75 Å². The Morgan fingerprint density at radius 1 is 1.36 bits per heavy atom. The Kier molecular flexibility index (Phi) is 4.08. The van der Waals surface area contributed by atoms with Gasteiger partial charge in [-0.25, -0.2) is 9.18 Å². The number of nitrogens with two attached hydrogens (primary N) is 1. The monoisotopic (exact) mass is 344 g/mol. The van der Waals surface area contributed by atoms with Crippen molar-refractivity contribution in [2.24, 2.45) is 12.8 Å². The fourth-order valence-electron chi connectivity index (χ4n) is 2.97. The van der Waals surface area contributed by atoms with Crippen molar-refractivity contribution >= 4 is 5.97 Å². The van der Waals surface area contributed by atoms with Gasteiger partial charge in [0.15, 0.2) is 0 Å². The summed E-state index contributed by atoms with van der Waals surface area (Å²) < 4.78 is 26.2. The minimum Gasteiger partial charge on any atom is -0.465 e. The number of carbonyl (C=O) groups is 1. The van der Waals surface area contributed by atoms with E-state index in [0.29, 0.717) is 5.69 Å². The SMILES string of the molecule is COC(=O)C1=C(N)Oc2cc(C)n(C)c(=O)c2C1c1ccccc1F. The number of methoxy groups -OCH3 is 1. The zero-order valence-electron chi connectivity index (χ0n) is 14.0. The van der Waals surface area contributed by atoms with Crippen LogP contribution >= 0.6 is 0 Å². The molecule has 3 rings (SSSR count). The van der Waals surface area contributed by atoms with Gasteiger partial charge in [-0.15, -0.1) is 0 Å². The van der Waals surface area contributed by atoms with Crippen LogP contribution in [-0.2, 0) is 16.6 Å². The van der Waals surface area contributed by atoms with Crippen molar-refractivity contribution in [3.8, 4) is 5.75 Å². The molecule has 6 nitrogen and oxygen atoms in total. The lowest BCUT2D eigenvalue weighted by atomic mass is 9.83. The lowest BCUT2D eigenvalue weighted by Gasteiger charge is -2.28. The van der Waals surface area contributed by atoms with Crippen LogP contribution in [0.2, 0.25) is 0 Å². The smallest absolute Gasteiger partial charge is 0.340 e. The van der Waals surface area contributed by atoms with Gasteiger partial charge in [0.1, 0.15) is 17.1 Å². The van der Waals surface area contributed by atoms with Crippen molar-refractivity contribution in [1.29, 1.82) is 0 Å². The van der Waals surface area contributed by atoms with Crippen molar-refractivity contribution in [3.05, 3.63) is 74.8 Å². The summed E-state index contributed by atoms with van der Waals surface area (Å²) >= 11 is 0. The summed E-state index contributed by atoms with van der Waals surface area (Å²) in [4.78, 5) is 25.1. The number of aryl methyl sites for hydroxylation is 1. The molecule has 2 heterocycles. The van der Waals surface area contributed by atoms with Crippen LogP contribution in [0.4, 0.5) is 4.39 Å². The normalized spacial score (nSPS) is 16.2. The summed E-state index contributed by atoms with van der Waals surface area (Å²) in [5, 5.41) is 0. The molecule has 0 aliphatic carbocycles. The van der Waals surface area contributed by atoms with Crippen molar-refractivity contribution in [3.63, 3.8) is 0 Å². The van der Waals surface area contributed by atoms with Crippen LogP contribution < -0.4 is 16.0 Å². The summed E-state index contributed by atoms with van der Waals surface area (Å²) in [5.41, 5.74) is 6.36. The second kappa shape index (κ2) is 6.08. The van der Waals surface area contributed by atoms with Crippen LogP contribution in [0.15, 0.2) is 46.6 Å². The largest absolute Gasteiger partial charge is 0.465 e. The molecule has 1 aliphatic heterocycles. The first-order valence-corrected chi connectivity index (χ1v) is 7.57. The third-order valence-corrected chi connectivity index (χ3v) is 4.35. The number of fused-ring (bicyclic) bond motifs is 1. The van der Waals surface area contributed by atoms with Gasteiger partial charge < -0.3 is 19.8 Å². The molecule has 0 saturated heterocycles. The van der Waals surface area contributed by atoms with E-state index in [1.54, 1.807) is 26.1 Å². The van der Waals surface area contributed by atoms with E-state index in [4.69, 9.17) is 15.2 Å². The number of hydrogen-bond acceptors (Lipinski definition) is 5. The van der Waals surface area contributed by atoms with Gasteiger partial charge in [-0.2, -0.15) is 0 Å². The minimum atomic E-state index is -1.02. The van der Waals surface area contributed by atoms with E-state index in [-0.39, 0.29) is 28.3 Å². The zero-order valence-corrected chi connectivity index (χ0v) is 14.0. The number of hydrogen-bond donors (Lipinski definition) is 1. The van der Waals surface area contributed by atoms with E-state index >= 15 is 0 Å². The van der Waals surface area contributed by atoms with Gasteiger partial charge in [-0.3, -0.25) is 4.79 Å². The molecule has 1 aromatic carbocycles. The summed E-state index contributed by atoms with van der Waals surface area (Å²) in [7, 11) is 2.78. The lowest BCUT2D eigenvalue weighted by Crippen LogP contribution is -2.34.